The standard InChI is InChI=1S/C55H79N5O15S/c1-32-14-16-42(61)33(2)25-39-19-22-68-30-40(58-72-21-10-12-37-15-17-45(56-27-37)60-20-18-41(57-60)44-13-11-23-76-44)31-69-43(34(3)51(39)75-54-50(65)47(59(6)7)48(63)35(4)73-54)26-46(62)70-28-38(24-32)29-71-55-53(67-9)52(66-8)49(64)36(5)74-55/h11,13-18,20,23-24,27,33-36,38-39,43,47-55,63-65H,10,12,19,21-22,25-26,28-31H2,1-9H3/b16-14+,32-24+,58-40+/t33-,34+,35-,36-,38+,39?,43-,47+,48-,49-,50-,51-,52-,53-,54+,55-/m1/s1. The van der Waals surface area contributed by atoms with Crippen LogP contribution in [-0.4, -0.2) is 194 Å². The first-order chi connectivity index (χ1) is 36.5. The number of carbonyl (C=O) groups excluding carboxylic acids is 2. The van der Waals surface area contributed by atoms with E-state index in [0.29, 0.717) is 38.0 Å². The summed E-state index contributed by atoms with van der Waals surface area (Å²) in [5.74, 6) is -1.88. The predicted octanol–water partition coefficient (Wildman–Crippen LogP) is 4.95. The monoisotopic (exact) mass is 1080 g/mol. The Morgan fingerprint density at radius 1 is 0.921 bits per heavy atom. The first kappa shape index (κ1) is 59.3. The maximum absolute atomic E-state index is 14.2. The number of aliphatic hydroxyl groups excluding tert-OH is 3. The van der Waals surface area contributed by atoms with Crippen LogP contribution in [0.2, 0.25) is 0 Å². The van der Waals surface area contributed by atoms with Crippen molar-refractivity contribution in [3.05, 3.63) is 77.5 Å². The fourth-order valence-electron chi connectivity index (χ4n) is 10.3. The van der Waals surface area contributed by atoms with Gasteiger partial charge in [-0.1, -0.05) is 48.9 Å². The second kappa shape index (κ2) is 28.5. The summed E-state index contributed by atoms with van der Waals surface area (Å²) >= 11 is 1.64. The Morgan fingerprint density at radius 2 is 1.70 bits per heavy atom. The molecular weight excluding hydrogens is 1000 g/mol. The Bertz CT molecular complexity index is 2370. The molecule has 0 saturated carbocycles. The predicted molar refractivity (Wildman–Crippen MR) is 282 cm³/mol. The fraction of sp³-hybridized carbons (Fsp3) is 0.655. The fourth-order valence-corrected chi connectivity index (χ4v) is 11.0. The first-order valence-electron chi connectivity index (χ1n) is 26.4. The van der Waals surface area contributed by atoms with E-state index in [4.69, 9.17) is 47.5 Å². The number of nitrogens with zero attached hydrogens (tertiary/aromatic N) is 5. The third-order valence-electron chi connectivity index (χ3n) is 14.7. The molecule has 76 heavy (non-hydrogen) atoms. The van der Waals surface area contributed by atoms with Gasteiger partial charge in [0.2, 0.25) is 0 Å². The lowest BCUT2D eigenvalue weighted by Gasteiger charge is -2.47. The quantitative estimate of drug-likeness (QED) is 0.104. The van der Waals surface area contributed by atoms with Gasteiger partial charge in [0.15, 0.2) is 24.2 Å². The maximum atomic E-state index is 14.2. The van der Waals surface area contributed by atoms with Crippen LogP contribution in [0.15, 0.2) is 77.1 Å². The van der Waals surface area contributed by atoms with E-state index in [1.807, 2.05) is 75.0 Å². The Labute approximate surface area is 450 Å². The van der Waals surface area contributed by atoms with Crippen molar-refractivity contribution >= 4 is 28.8 Å². The molecular formula is C55H79N5O15S. The molecule has 3 saturated heterocycles. The number of fused-ring (bicyclic) bond motifs is 3. The summed E-state index contributed by atoms with van der Waals surface area (Å²) in [7, 11) is 6.51. The van der Waals surface area contributed by atoms with Crippen LogP contribution in [0.4, 0.5) is 0 Å². The highest BCUT2D eigenvalue weighted by Crippen LogP contribution is 2.36. The molecule has 3 N–H and O–H groups in total. The summed E-state index contributed by atoms with van der Waals surface area (Å²) in [5, 5.41) is 44.8. The van der Waals surface area contributed by atoms with Gasteiger partial charge < -0.3 is 67.7 Å². The van der Waals surface area contributed by atoms with Crippen molar-refractivity contribution in [1.82, 2.24) is 19.7 Å². The molecule has 21 heteroatoms. The van der Waals surface area contributed by atoms with Crippen LogP contribution in [-0.2, 0) is 63.5 Å². The van der Waals surface area contributed by atoms with Crippen molar-refractivity contribution in [2.75, 3.05) is 68.0 Å². The molecule has 1 unspecified atom stereocenters. The summed E-state index contributed by atoms with van der Waals surface area (Å²) in [6.07, 6.45) is 1.14. The number of esters is 1. The molecule has 420 valence electrons. The lowest BCUT2D eigenvalue weighted by atomic mass is 9.79. The third kappa shape index (κ3) is 15.7. The smallest absolute Gasteiger partial charge is 0.308 e. The molecule has 20 nitrogen and oxygen atoms in total. The van der Waals surface area contributed by atoms with Crippen LogP contribution in [0.1, 0.15) is 65.9 Å². The van der Waals surface area contributed by atoms with Gasteiger partial charge in [-0.2, -0.15) is 5.10 Å². The summed E-state index contributed by atoms with van der Waals surface area (Å²) < 4.78 is 57.3. The van der Waals surface area contributed by atoms with Gasteiger partial charge in [0.1, 0.15) is 42.4 Å². The highest BCUT2D eigenvalue weighted by Gasteiger charge is 2.48. The largest absolute Gasteiger partial charge is 0.465 e. The van der Waals surface area contributed by atoms with E-state index in [2.05, 4.69) is 15.2 Å². The Hall–Kier alpha value is -4.33. The number of hydrogen-bond acceptors (Lipinski definition) is 20. The average molecular weight is 1080 g/mol. The molecule has 0 aromatic carbocycles. The molecule has 3 fully saturated rings. The molecule has 3 aromatic heterocycles. The maximum Gasteiger partial charge on any atom is 0.308 e. The van der Waals surface area contributed by atoms with Crippen LogP contribution < -0.4 is 0 Å². The minimum Gasteiger partial charge on any atom is -0.465 e. The summed E-state index contributed by atoms with van der Waals surface area (Å²) in [6.45, 7) is 9.58. The number of methoxy groups -OCH3 is 2. The molecule has 7 heterocycles. The molecule has 0 aliphatic carbocycles. The molecule has 16 atom stereocenters. The lowest BCUT2D eigenvalue weighted by Crippen LogP contribution is -2.63. The Balaban J connectivity index is 1.09. The van der Waals surface area contributed by atoms with Crippen LogP contribution in [0.3, 0.4) is 0 Å². The van der Waals surface area contributed by atoms with Gasteiger partial charge in [0, 0.05) is 51.0 Å². The minimum absolute atomic E-state index is 0.0255. The highest BCUT2D eigenvalue weighted by atomic mass is 32.1. The van der Waals surface area contributed by atoms with Crippen LogP contribution in [0, 0.1) is 23.7 Å². The zero-order valence-electron chi connectivity index (χ0n) is 45.3. The van der Waals surface area contributed by atoms with Crippen molar-refractivity contribution in [2.24, 2.45) is 28.8 Å². The van der Waals surface area contributed by atoms with E-state index in [0.717, 1.165) is 27.5 Å². The number of hydrogen-bond donors (Lipinski definition) is 3. The Morgan fingerprint density at radius 3 is 2.42 bits per heavy atom. The van der Waals surface area contributed by atoms with E-state index >= 15 is 0 Å². The van der Waals surface area contributed by atoms with Crippen LogP contribution in [0.5, 0.6) is 0 Å². The SMILES string of the molecule is CO[C@@H]1[C@H](O)[C@@H](C)O[C@@H](OC[C@H]2/C=C(C)/C=C/C(=O)[C@H](C)CC3CCOC/C(=N\OCCCc4ccc(-n5ccc(-c6cccs6)n5)nc4)CO[C@H](CC(=O)OC2)[C@H](C)[C@H]3O[C@@H]2O[C@H](C)[C@@H](O)[C@H](N(C)C)[C@H]2O)[C@@H]1OC. The number of ether oxygens (including phenoxy) is 9. The molecule has 0 radical (unpaired) electrons. The van der Waals surface area contributed by atoms with Crippen molar-refractivity contribution in [1.29, 1.82) is 0 Å². The van der Waals surface area contributed by atoms with Gasteiger partial charge in [-0.25, -0.2) is 9.67 Å². The second-order valence-electron chi connectivity index (χ2n) is 20.7. The zero-order valence-corrected chi connectivity index (χ0v) is 46.1. The number of pyridine rings is 1. The number of likely N-dealkylation sites (N-methyl/N-ethyl adjacent to an activating group) is 1. The summed E-state index contributed by atoms with van der Waals surface area (Å²) in [6, 6.07) is 9.26. The van der Waals surface area contributed by atoms with Gasteiger partial charge in [-0.05, 0) is 102 Å². The molecule has 7 rings (SSSR count). The molecule has 3 aromatic rings. The van der Waals surface area contributed by atoms with Gasteiger partial charge >= 0.3 is 5.97 Å². The molecule has 2 bridgehead atoms. The molecule has 0 spiro atoms. The van der Waals surface area contributed by atoms with E-state index in [1.54, 1.807) is 61.0 Å². The van der Waals surface area contributed by atoms with Crippen molar-refractivity contribution in [3.8, 4) is 16.4 Å². The number of thiophene rings is 1. The number of aryl methyl sites for hydroxylation is 1. The number of carbonyl (C=O) groups is 2. The minimum atomic E-state index is -1.26. The van der Waals surface area contributed by atoms with Crippen LogP contribution in [0.25, 0.3) is 16.4 Å². The number of rotatable bonds is 15. The summed E-state index contributed by atoms with van der Waals surface area (Å²) in [5.41, 5.74) is 3.13. The topological polar surface area (TPSA) is 233 Å². The average Bonchev–Trinajstić information content (AvgIpc) is 4.13. The molecule has 4 aliphatic heterocycles. The van der Waals surface area contributed by atoms with Gasteiger partial charge in [0.05, 0.1) is 74.3 Å². The number of aromatic nitrogens is 3. The number of ketones is 1. The number of allylic oxidation sites excluding steroid dienone is 3. The molecule has 0 amide bonds. The van der Waals surface area contributed by atoms with E-state index in [1.165, 1.54) is 14.2 Å². The third-order valence-corrected chi connectivity index (χ3v) is 15.6. The highest BCUT2D eigenvalue weighted by molar-refractivity contribution is 7.13. The van der Waals surface area contributed by atoms with E-state index in [9.17, 15) is 24.9 Å². The van der Waals surface area contributed by atoms with Crippen LogP contribution >= 0.6 is 11.3 Å². The number of oxime groups is 1. The zero-order chi connectivity index (χ0) is 54.5. The number of aliphatic hydroxyl groups is 3. The van der Waals surface area contributed by atoms with Crippen molar-refractivity contribution in [3.63, 3.8) is 0 Å². The Kier molecular flexibility index (Phi) is 22.3. The van der Waals surface area contributed by atoms with Crippen molar-refractivity contribution < 1.29 is 72.4 Å². The summed E-state index contributed by atoms with van der Waals surface area (Å²) in [4.78, 5) is 41.5. The second-order valence-corrected chi connectivity index (χ2v) is 21.6. The van der Waals surface area contributed by atoms with Gasteiger partial charge in [-0.3, -0.25) is 9.59 Å². The molecule has 4 aliphatic rings. The first-order valence-corrected chi connectivity index (χ1v) is 27.2. The van der Waals surface area contributed by atoms with E-state index < -0.39 is 97.3 Å². The number of cyclic esters (lactones) is 1. The van der Waals surface area contributed by atoms with E-state index in [-0.39, 0.29) is 51.2 Å². The lowest BCUT2D eigenvalue weighted by molar-refractivity contribution is -0.305. The van der Waals surface area contributed by atoms with Gasteiger partial charge in [-0.15, -0.1) is 11.3 Å². The van der Waals surface area contributed by atoms with Gasteiger partial charge in [0.25, 0.3) is 0 Å². The van der Waals surface area contributed by atoms with Crippen molar-refractivity contribution in [2.45, 2.75) is 140 Å². The normalized spacial score (nSPS) is 35.3.